The summed E-state index contributed by atoms with van der Waals surface area (Å²) in [4.78, 5) is 17.6. The molecule has 2 fully saturated rings. The third kappa shape index (κ3) is 4.23. The molecule has 1 aromatic heterocycles. The van der Waals surface area contributed by atoms with Crippen molar-refractivity contribution in [3.05, 3.63) is 17.5 Å². The molecular weight excluding hydrogens is 316 g/mol. The Balaban J connectivity index is 1.60. The van der Waals surface area contributed by atoms with E-state index in [1.807, 2.05) is 13.0 Å². The number of hydrogen-bond acceptors (Lipinski definition) is 5. The standard InChI is InChI=1S/C19H32N4O2/c1-4-8-23-14-19(6-9-22(3)10-7-19)12-17(23)18(24)20-13-16-11-15(5-2)21-25-16/h11,17H,4-10,12-14H2,1-3H3,(H,20,24)/t17-/m0/s1. The summed E-state index contributed by atoms with van der Waals surface area (Å²) in [6.07, 6.45) is 5.33. The second-order valence-corrected chi connectivity index (χ2v) is 7.85. The fraction of sp³-hybridized carbons (Fsp3) is 0.789. The maximum atomic E-state index is 12.8. The van der Waals surface area contributed by atoms with Crippen LogP contribution in [0.1, 0.15) is 51.0 Å². The number of aromatic nitrogens is 1. The van der Waals surface area contributed by atoms with Crippen molar-refractivity contribution in [1.82, 2.24) is 20.3 Å². The van der Waals surface area contributed by atoms with Crippen LogP contribution >= 0.6 is 0 Å². The molecule has 6 nitrogen and oxygen atoms in total. The monoisotopic (exact) mass is 348 g/mol. The van der Waals surface area contributed by atoms with Crippen LogP contribution in [0.5, 0.6) is 0 Å². The average Bonchev–Trinajstić information content (AvgIpc) is 3.21. The Morgan fingerprint density at radius 3 is 2.80 bits per heavy atom. The van der Waals surface area contributed by atoms with Crippen LogP contribution in [0.4, 0.5) is 0 Å². The molecule has 25 heavy (non-hydrogen) atoms. The number of hydrogen-bond donors (Lipinski definition) is 1. The lowest BCUT2D eigenvalue weighted by Gasteiger charge is -2.37. The molecule has 3 heterocycles. The van der Waals surface area contributed by atoms with Crippen LogP contribution in [-0.2, 0) is 17.8 Å². The Morgan fingerprint density at radius 2 is 2.16 bits per heavy atom. The van der Waals surface area contributed by atoms with Crippen molar-refractivity contribution in [2.75, 3.05) is 33.2 Å². The van der Waals surface area contributed by atoms with Gasteiger partial charge < -0.3 is 14.7 Å². The van der Waals surface area contributed by atoms with Gasteiger partial charge >= 0.3 is 0 Å². The zero-order valence-electron chi connectivity index (χ0n) is 15.9. The largest absolute Gasteiger partial charge is 0.359 e. The van der Waals surface area contributed by atoms with Crippen LogP contribution in [0, 0.1) is 5.41 Å². The van der Waals surface area contributed by atoms with Crippen LogP contribution in [0.2, 0.25) is 0 Å². The van der Waals surface area contributed by atoms with Crippen LogP contribution in [-0.4, -0.2) is 60.1 Å². The van der Waals surface area contributed by atoms with Crippen LogP contribution in [0.15, 0.2) is 10.6 Å². The van der Waals surface area contributed by atoms with Gasteiger partial charge in [0.2, 0.25) is 5.91 Å². The van der Waals surface area contributed by atoms with Gasteiger partial charge in [0.25, 0.3) is 0 Å². The molecule has 1 amide bonds. The molecule has 0 aromatic carbocycles. The van der Waals surface area contributed by atoms with E-state index in [1.54, 1.807) is 0 Å². The SMILES string of the molecule is CCCN1CC2(CCN(C)CC2)C[C@H]1C(=O)NCc1cc(CC)no1. The summed E-state index contributed by atoms with van der Waals surface area (Å²) in [5, 5.41) is 7.06. The summed E-state index contributed by atoms with van der Waals surface area (Å²) < 4.78 is 5.28. The van der Waals surface area contributed by atoms with Crippen molar-refractivity contribution in [2.24, 2.45) is 5.41 Å². The lowest BCUT2D eigenvalue weighted by atomic mass is 9.76. The quantitative estimate of drug-likeness (QED) is 0.852. The first-order valence-electron chi connectivity index (χ1n) is 9.70. The third-order valence-electron chi connectivity index (χ3n) is 5.87. The van der Waals surface area contributed by atoms with Gasteiger partial charge in [-0.1, -0.05) is 19.0 Å². The molecule has 2 aliphatic rings. The van der Waals surface area contributed by atoms with Crippen molar-refractivity contribution in [2.45, 2.75) is 58.5 Å². The number of nitrogens with one attached hydrogen (secondary N) is 1. The van der Waals surface area contributed by atoms with E-state index in [-0.39, 0.29) is 11.9 Å². The van der Waals surface area contributed by atoms with E-state index in [1.165, 1.54) is 12.8 Å². The number of carbonyl (C=O) groups is 1. The minimum absolute atomic E-state index is 0.00285. The van der Waals surface area contributed by atoms with Crippen molar-refractivity contribution < 1.29 is 9.32 Å². The molecule has 6 heteroatoms. The number of carbonyl (C=O) groups excluding carboxylic acids is 1. The van der Waals surface area contributed by atoms with Crippen molar-refractivity contribution in [3.8, 4) is 0 Å². The van der Waals surface area contributed by atoms with E-state index in [0.29, 0.717) is 12.0 Å². The Labute approximate surface area is 150 Å². The molecule has 0 radical (unpaired) electrons. The van der Waals surface area contributed by atoms with Gasteiger partial charge in [0, 0.05) is 12.6 Å². The highest BCUT2D eigenvalue weighted by molar-refractivity contribution is 5.82. The molecule has 1 atom stereocenters. The minimum atomic E-state index is -0.00285. The average molecular weight is 348 g/mol. The minimum Gasteiger partial charge on any atom is -0.359 e. The summed E-state index contributed by atoms with van der Waals surface area (Å²) in [6, 6.07) is 1.92. The van der Waals surface area contributed by atoms with E-state index in [4.69, 9.17) is 4.52 Å². The first-order chi connectivity index (χ1) is 12.0. The second kappa shape index (κ2) is 7.87. The topological polar surface area (TPSA) is 61.6 Å². The maximum absolute atomic E-state index is 12.8. The van der Waals surface area contributed by atoms with E-state index in [2.05, 4.69) is 34.2 Å². The first-order valence-corrected chi connectivity index (χ1v) is 9.70. The summed E-state index contributed by atoms with van der Waals surface area (Å²) in [6.45, 7) is 9.02. The van der Waals surface area contributed by atoms with Gasteiger partial charge in [0.1, 0.15) is 0 Å². The lowest BCUT2D eigenvalue weighted by molar-refractivity contribution is -0.125. The molecule has 1 spiro atoms. The number of likely N-dealkylation sites (tertiary alicyclic amines) is 2. The number of aryl methyl sites for hydroxylation is 1. The van der Waals surface area contributed by atoms with E-state index < -0.39 is 0 Å². The van der Waals surface area contributed by atoms with Gasteiger partial charge in [-0.25, -0.2) is 0 Å². The van der Waals surface area contributed by atoms with Crippen LogP contribution in [0.25, 0.3) is 0 Å². The van der Waals surface area contributed by atoms with Gasteiger partial charge in [-0.2, -0.15) is 0 Å². The Bertz CT molecular complexity index is 578. The Hall–Kier alpha value is -1.40. The molecule has 0 bridgehead atoms. The summed E-state index contributed by atoms with van der Waals surface area (Å²) in [5.74, 6) is 0.873. The molecule has 140 valence electrons. The van der Waals surface area contributed by atoms with Gasteiger partial charge in [-0.3, -0.25) is 9.69 Å². The number of nitrogens with zero attached hydrogens (tertiary/aromatic N) is 3. The molecule has 2 saturated heterocycles. The van der Waals surface area contributed by atoms with E-state index >= 15 is 0 Å². The van der Waals surface area contributed by atoms with Crippen molar-refractivity contribution >= 4 is 5.91 Å². The maximum Gasteiger partial charge on any atom is 0.237 e. The zero-order valence-corrected chi connectivity index (χ0v) is 15.9. The number of rotatable bonds is 6. The molecule has 1 aromatic rings. The lowest BCUT2D eigenvalue weighted by Crippen LogP contribution is -2.43. The Kier molecular flexibility index (Phi) is 5.79. The van der Waals surface area contributed by atoms with Crippen molar-refractivity contribution in [3.63, 3.8) is 0 Å². The normalized spacial score (nSPS) is 24.0. The molecule has 3 rings (SSSR count). The predicted octanol–water partition coefficient (Wildman–Crippen LogP) is 2.05. The van der Waals surface area contributed by atoms with Gasteiger partial charge in [0.15, 0.2) is 5.76 Å². The smallest absolute Gasteiger partial charge is 0.237 e. The fourth-order valence-electron chi connectivity index (χ4n) is 4.28. The van der Waals surface area contributed by atoms with Crippen molar-refractivity contribution in [1.29, 1.82) is 0 Å². The first kappa shape index (κ1) is 18.4. The van der Waals surface area contributed by atoms with Gasteiger partial charge in [-0.15, -0.1) is 0 Å². The summed E-state index contributed by atoms with van der Waals surface area (Å²) in [5.41, 5.74) is 1.26. The highest BCUT2D eigenvalue weighted by atomic mass is 16.5. The molecule has 2 aliphatic heterocycles. The zero-order chi connectivity index (χ0) is 17.9. The van der Waals surface area contributed by atoms with Crippen LogP contribution < -0.4 is 5.32 Å². The molecular formula is C19H32N4O2. The molecule has 0 aliphatic carbocycles. The molecule has 0 saturated carbocycles. The molecule has 1 N–H and O–H groups in total. The highest BCUT2D eigenvalue weighted by Gasteiger charge is 2.47. The number of piperidine rings is 1. The highest BCUT2D eigenvalue weighted by Crippen LogP contribution is 2.43. The summed E-state index contributed by atoms with van der Waals surface area (Å²) >= 11 is 0. The Morgan fingerprint density at radius 1 is 1.40 bits per heavy atom. The third-order valence-corrected chi connectivity index (χ3v) is 5.87. The van der Waals surface area contributed by atoms with E-state index in [0.717, 1.165) is 56.9 Å². The van der Waals surface area contributed by atoms with Gasteiger partial charge in [0.05, 0.1) is 18.3 Å². The van der Waals surface area contributed by atoms with E-state index in [9.17, 15) is 4.79 Å². The van der Waals surface area contributed by atoms with Crippen LogP contribution in [0.3, 0.4) is 0 Å². The molecule has 0 unspecified atom stereocenters. The van der Waals surface area contributed by atoms with Gasteiger partial charge in [-0.05, 0) is 64.2 Å². The fourth-order valence-corrected chi connectivity index (χ4v) is 4.28. The predicted molar refractivity (Wildman–Crippen MR) is 97.2 cm³/mol. The summed E-state index contributed by atoms with van der Waals surface area (Å²) in [7, 11) is 2.19. The second-order valence-electron chi connectivity index (χ2n) is 7.85. The number of amides is 1.